The Hall–Kier alpha value is -1.06. The Balaban J connectivity index is 1.61. The number of nitrogens with one attached hydrogen (secondary N) is 1. The second kappa shape index (κ2) is 5.29. The van der Waals surface area contributed by atoms with E-state index in [0.717, 1.165) is 26.0 Å². The first-order valence-electron chi connectivity index (χ1n) is 8.45. The van der Waals surface area contributed by atoms with E-state index in [2.05, 4.69) is 11.4 Å². The SMILES string of the molecule is Oc1ccc2c(c1)C(C1CCOC3(CCCC3)C1)NCC2. The summed E-state index contributed by atoms with van der Waals surface area (Å²) in [6, 6.07) is 6.29. The molecule has 2 N–H and O–H groups in total. The van der Waals surface area contributed by atoms with E-state index in [9.17, 15) is 5.11 Å². The largest absolute Gasteiger partial charge is 0.508 e. The van der Waals surface area contributed by atoms with Crippen LogP contribution in [0.5, 0.6) is 5.75 Å². The zero-order valence-electron chi connectivity index (χ0n) is 12.6. The Morgan fingerprint density at radius 1 is 1.24 bits per heavy atom. The summed E-state index contributed by atoms with van der Waals surface area (Å²) in [4.78, 5) is 0. The lowest BCUT2D eigenvalue weighted by Gasteiger charge is -2.43. The summed E-state index contributed by atoms with van der Waals surface area (Å²) in [5.74, 6) is 1.03. The molecule has 1 aromatic rings. The number of phenols is 1. The van der Waals surface area contributed by atoms with Crippen LogP contribution < -0.4 is 5.32 Å². The van der Waals surface area contributed by atoms with Gasteiger partial charge >= 0.3 is 0 Å². The van der Waals surface area contributed by atoms with Crippen LogP contribution in [0.25, 0.3) is 0 Å². The Labute approximate surface area is 126 Å². The van der Waals surface area contributed by atoms with Crippen LogP contribution in [0.1, 0.15) is 55.7 Å². The maximum Gasteiger partial charge on any atom is 0.115 e. The van der Waals surface area contributed by atoms with Crippen molar-refractivity contribution < 1.29 is 9.84 Å². The minimum absolute atomic E-state index is 0.166. The van der Waals surface area contributed by atoms with E-state index < -0.39 is 0 Å². The third-order valence-electron chi connectivity index (χ3n) is 5.74. The van der Waals surface area contributed by atoms with Crippen molar-refractivity contribution in [3.05, 3.63) is 29.3 Å². The maximum absolute atomic E-state index is 9.86. The lowest BCUT2D eigenvalue weighted by Crippen LogP contribution is -2.43. The molecule has 1 saturated heterocycles. The zero-order valence-corrected chi connectivity index (χ0v) is 12.6. The van der Waals surface area contributed by atoms with E-state index in [0.29, 0.717) is 17.7 Å². The van der Waals surface area contributed by atoms with Gasteiger partial charge < -0.3 is 15.2 Å². The fraction of sp³-hybridized carbons (Fsp3) is 0.667. The van der Waals surface area contributed by atoms with E-state index in [1.165, 1.54) is 43.2 Å². The lowest BCUT2D eigenvalue weighted by atomic mass is 9.76. The Bertz CT molecular complexity index is 522. The average molecular weight is 287 g/mol. The fourth-order valence-electron chi connectivity index (χ4n) is 4.71. The van der Waals surface area contributed by atoms with E-state index in [4.69, 9.17) is 4.74 Å². The van der Waals surface area contributed by atoms with Crippen LogP contribution in [0.3, 0.4) is 0 Å². The zero-order chi connectivity index (χ0) is 14.3. The Morgan fingerprint density at radius 2 is 2.10 bits per heavy atom. The number of fused-ring (bicyclic) bond motifs is 1. The van der Waals surface area contributed by atoms with Gasteiger partial charge in [-0.15, -0.1) is 0 Å². The molecule has 21 heavy (non-hydrogen) atoms. The fourth-order valence-corrected chi connectivity index (χ4v) is 4.71. The van der Waals surface area contributed by atoms with Crippen LogP contribution in [0.2, 0.25) is 0 Å². The molecule has 4 rings (SSSR count). The number of phenolic OH excluding ortho intramolecular Hbond substituents is 1. The van der Waals surface area contributed by atoms with E-state index >= 15 is 0 Å². The molecule has 1 spiro atoms. The van der Waals surface area contributed by atoms with Crippen molar-refractivity contribution >= 4 is 0 Å². The van der Waals surface area contributed by atoms with E-state index in [1.807, 2.05) is 12.1 Å². The van der Waals surface area contributed by atoms with Crippen molar-refractivity contribution in [2.24, 2.45) is 5.92 Å². The van der Waals surface area contributed by atoms with Gasteiger partial charge in [0.15, 0.2) is 0 Å². The third-order valence-corrected chi connectivity index (χ3v) is 5.74. The predicted octanol–water partition coefficient (Wildman–Crippen LogP) is 3.32. The molecule has 3 aliphatic rings. The highest BCUT2D eigenvalue weighted by atomic mass is 16.5. The highest BCUT2D eigenvalue weighted by Gasteiger charge is 2.42. The van der Waals surface area contributed by atoms with Crippen molar-refractivity contribution in [2.45, 2.75) is 56.6 Å². The topological polar surface area (TPSA) is 41.5 Å². The molecular weight excluding hydrogens is 262 g/mol. The van der Waals surface area contributed by atoms with E-state index in [1.54, 1.807) is 0 Å². The lowest BCUT2D eigenvalue weighted by molar-refractivity contribution is -0.0985. The second-order valence-electron chi connectivity index (χ2n) is 7.06. The number of rotatable bonds is 1. The van der Waals surface area contributed by atoms with Crippen molar-refractivity contribution in [3.8, 4) is 5.75 Å². The highest BCUT2D eigenvalue weighted by molar-refractivity contribution is 5.39. The number of hydrogen-bond donors (Lipinski definition) is 2. The monoisotopic (exact) mass is 287 g/mol. The number of ether oxygens (including phenoxy) is 1. The van der Waals surface area contributed by atoms with Crippen LogP contribution >= 0.6 is 0 Å². The van der Waals surface area contributed by atoms with Gasteiger partial charge in [0.1, 0.15) is 5.75 Å². The summed E-state index contributed by atoms with van der Waals surface area (Å²) in [6.07, 6.45) is 8.51. The van der Waals surface area contributed by atoms with Gasteiger partial charge in [-0.3, -0.25) is 0 Å². The molecule has 114 valence electrons. The minimum Gasteiger partial charge on any atom is -0.508 e. The Morgan fingerprint density at radius 3 is 2.95 bits per heavy atom. The summed E-state index contributed by atoms with van der Waals surface area (Å²) in [7, 11) is 0. The number of hydrogen-bond acceptors (Lipinski definition) is 3. The van der Waals surface area contributed by atoms with E-state index in [-0.39, 0.29) is 5.60 Å². The molecule has 1 aliphatic carbocycles. The van der Waals surface area contributed by atoms with Crippen LogP contribution in [-0.2, 0) is 11.2 Å². The van der Waals surface area contributed by atoms with Crippen LogP contribution in [0.4, 0.5) is 0 Å². The standard InChI is InChI=1S/C18H25NO2/c20-15-4-3-13-5-9-19-17(16(13)11-15)14-6-10-21-18(12-14)7-1-2-8-18/h3-4,11,14,17,19-20H,1-2,5-10,12H2. The van der Waals surface area contributed by atoms with Gasteiger partial charge in [-0.25, -0.2) is 0 Å². The van der Waals surface area contributed by atoms with Gasteiger partial charge in [-0.1, -0.05) is 18.9 Å². The summed E-state index contributed by atoms with van der Waals surface area (Å²) in [5.41, 5.74) is 2.89. The molecule has 1 aromatic carbocycles. The molecule has 3 heteroatoms. The summed E-state index contributed by atoms with van der Waals surface area (Å²) in [5, 5.41) is 13.6. The Kier molecular flexibility index (Phi) is 3.43. The predicted molar refractivity (Wildman–Crippen MR) is 82.4 cm³/mol. The molecular formula is C18H25NO2. The minimum atomic E-state index is 0.166. The smallest absolute Gasteiger partial charge is 0.115 e. The first-order valence-corrected chi connectivity index (χ1v) is 8.45. The summed E-state index contributed by atoms with van der Waals surface area (Å²) < 4.78 is 6.18. The van der Waals surface area contributed by atoms with Crippen molar-refractivity contribution in [1.29, 1.82) is 0 Å². The van der Waals surface area contributed by atoms with Crippen molar-refractivity contribution in [2.75, 3.05) is 13.2 Å². The first-order chi connectivity index (χ1) is 10.3. The van der Waals surface area contributed by atoms with Gasteiger partial charge in [-0.05, 0) is 67.8 Å². The highest BCUT2D eigenvalue weighted by Crippen LogP contribution is 2.46. The molecule has 0 bridgehead atoms. The molecule has 2 heterocycles. The maximum atomic E-state index is 9.86. The molecule has 2 unspecified atom stereocenters. The molecule has 0 aromatic heterocycles. The molecule has 2 fully saturated rings. The molecule has 0 amide bonds. The molecule has 0 radical (unpaired) electrons. The normalized spacial score (nSPS) is 31.2. The van der Waals surface area contributed by atoms with Crippen LogP contribution in [-0.4, -0.2) is 23.9 Å². The molecule has 2 aliphatic heterocycles. The molecule has 3 nitrogen and oxygen atoms in total. The summed E-state index contributed by atoms with van der Waals surface area (Å²) in [6.45, 7) is 1.95. The summed E-state index contributed by atoms with van der Waals surface area (Å²) >= 11 is 0. The van der Waals surface area contributed by atoms with Crippen LogP contribution in [0, 0.1) is 5.92 Å². The van der Waals surface area contributed by atoms with Gasteiger partial charge in [-0.2, -0.15) is 0 Å². The van der Waals surface area contributed by atoms with Gasteiger partial charge in [0.2, 0.25) is 0 Å². The molecule has 2 atom stereocenters. The quantitative estimate of drug-likeness (QED) is 0.832. The van der Waals surface area contributed by atoms with Crippen molar-refractivity contribution in [3.63, 3.8) is 0 Å². The first kappa shape index (κ1) is 13.6. The number of aromatic hydroxyl groups is 1. The van der Waals surface area contributed by atoms with Gasteiger partial charge in [0.05, 0.1) is 5.60 Å². The molecule has 1 saturated carbocycles. The van der Waals surface area contributed by atoms with Gasteiger partial charge in [0, 0.05) is 12.6 Å². The third kappa shape index (κ3) is 2.47. The van der Waals surface area contributed by atoms with Gasteiger partial charge in [0.25, 0.3) is 0 Å². The van der Waals surface area contributed by atoms with Crippen molar-refractivity contribution in [1.82, 2.24) is 5.32 Å². The number of benzene rings is 1. The second-order valence-corrected chi connectivity index (χ2v) is 7.06. The average Bonchev–Trinajstić information content (AvgIpc) is 2.94. The van der Waals surface area contributed by atoms with Crippen LogP contribution in [0.15, 0.2) is 18.2 Å².